The minimum absolute atomic E-state index is 0.0427. The van der Waals surface area contributed by atoms with Gasteiger partial charge in [-0.25, -0.2) is 0 Å². The fourth-order valence-corrected chi connectivity index (χ4v) is 3.41. The van der Waals surface area contributed by atoms with Crippen LogP contribution in [0, 0.1) is 5.92 Å². The first-order valence-electron chi connectivity index (χ1n) is 9.66. The Morgan fingerprint density at radius 3 is 2.48 bits per heavy atom. The summed E-state index contributed by atoms with van der Waals surface area (Å²) in [6.07, 6.45) is 1.67. The molecule has 0 unspecified atom stereocenters. The summed E-state index contributed by atoms with van der Waals surface area (Å²) in [5, 5.41) is 21.7. The zero-order valence-electron chi connectivity index (χ0n) is 16.2. The van der Waals surface area contributed by atoms with Gasteiger partial charge >= 0.3 is 5.97 Å². The number of carbonyl (C=O) groups excluding carboxylic acids is 1. The van der Waals surface area contributed by atoms with Crippen molar-refractivity contribution in [3.8, 4) is 5.75 Å². The lowest BCUT2D eigenvalue weighted by molar-refractivity contribution is -0.144. The predicted octanol–water partition coefficient (Wildman–Crippen LogP) is 1.63. The number of pyridine rings is 1. The molecule has 1 amide bonds. The van der Waals surface area contributed by atoms with Gasteiger partial charge in [-0.1, -0.05) is 12.1 Å². The summed E-state index contributed by atoms with van der Waals surface area (Å²) in [6.45, 7) is 4.29. The molecule has 0 radical (unpaired) electrons. The van der Waals surface area contributed by atoms with Crippen LogP contribution in [0.4, 0.5) is 5.69 Å². The summed E-state index contributed by atoms with van der Waals surface area (Å²) in [7, 11) is 0. The third-order valence-corrected chi connectivity index (χ3v) is 4.97. The highest BCUT2D eigenvalue weighted by Gasteiger charge is 2.26. The maximum absolute atomic E-state index is 12.2. The van der Waals surface area contributed by atoms with E-state index in [4.69, 9.17) is 0 Å². The van der Waals surface area contributed by atoms with Gasteiger partial charge in [0.15, 0.2) is 0 Å². The van der Waals surface area contributed by atoms with Crippen LogP contribution in [-0.2, 0) is 16.1 Å². The van der Waals surface area contributed by atoms with E-state index in [1.54, 1.807) is 18.3 Å². The van der Waals surface area contributed by atoms with Crippen molar-refractivity contribution < 1.29 is 19.8 Å². The fourth-order valence-electron chi connectivity index (χ4n) is 3.41. The van der Waals surface area contributed by atoms with Crippen LogP contribution < -0.4 is 5.32 Å². The van der Waals surface area contributed by atoms with Gasteiger partial charge in [0.25, 0.3) is 0 Å². The van der Waals surface area contributed by atoms with E-state index in [1.165, 1.54) is 12.1 Å². The fraction of sp³-hybridized carbons (Fsp3) is 0.381. The molecule has 2 aromatic rings. The van der Waals surface area contributed by atoms with E-state index in [1.807, 2.05) is 18.2 Å². The maximum Gasteiger partial charge on any atom is 0.308 e. The number of amides is 1. The predicted molar refractivity (Wildman–Crippen MR) is 108 cm³/mol. The van der Waals surface area contributed by atoms with E-state index < -0.39 is 11.9 Å². The Labute approximate surface area is 169 Å². The van der Waals surface area contributed by atoms with Crippen LogP contribution in [0.3, 0.4) is 0 Å². The Bertz CT molecular complexity index is 822. The number of benzene rings is 1. The number of nitrogens with zero attached hydrogens (tertiary/aromatic N) is 3. The molecule has 1 saturated heterocycles. The number of carboxylic acids is 1. The van der Waals surface area contributed by atoms with Crippen LogP contribution in [0.1, 0.15) is 12.1 Å². The van der Waals surface area contributed by atoms with Crippen LogP contribution in [0.2, 0.25) is 0 Å². The molecule has 29 heavy (non-hydrogen) atoms. The molecule has 1 aromatic carbocycles. The quantitative estimate of drug-likeness (QED) is 0.621. The van der Waals surface area contributed by atoms with Gasteiger partial charge in [-0.15, -0.1) is 0 Å². The summed E-state index contributed by atoms with van der Waals surface area (Å²) in [5.41, 5.74) is 1.47. The number of aromatic nitrogens is 1. The van der Waals surface area contributed by atoms with Crippen molar-refractivity contribution >= 4 is 17.6 Å². The minimum atomic E-state index is -0.980. The second-order valence-corrected chi connectivity index (χ2v) is 7.24. The number of aliphatic carboxylic acids is 1. The molecule has 1 aliphatic heterocycles. The summed E-state index contributed by atoms with van der Waals surface area (Å²) in [6, 6.07) is 12.1. The van der Waals surface area contributed by atoms with Crippen LogP contribution in [0.25, 0.3) is 0 Å². The SMILES string of the molecule is O=C(C[C@H](CN1CCN(Cc2ccccn2)CC1)C(=O)O)Nc1cccc(O)c1. The number of nitrogens with one attached hydrogen (secondary N) is 1. The van der Waals surface area contributed by atoms with Crippen LogP contribution in [-0.4, -0.2) is 69.6 Å². The maximum atomic E-state index is 12.2. The van der Waals surface area contributed by atoms with Gasteiger partial charge < -0.3 is 15.5 Å². The van der Waals surface area contributed by atoms with Crippen molar-refractivity contribution in [2.45, 2.75) is 13.0 Å². The molecule has 2 heterocycles. The third kappa shape index (κ3) is 6.55. The number of hydrogen-bond acceptors (Lipinski definition) is 6. The Balaban J connectivity index is 1.47. The molecule has 1 fully saturated rings. The summed E-state index contributed by atoms with van der Waals surface area (Å²) >= 11 is 0. The molecule has 8 heteroatoms. The zero-order chi connectivity index (χ0) is 20.6. The van der Waals surface area contributed by atoms with E-state index in [9.17, 15) is 19.8 Å². The molecule has 154 valence electrons. The average Bonchev–Trinajstić information content (AvgIpc) is 2.69. The normalized spacial score (nSPS) is 16.3. The largest absolute Gasteiger partial charge is 0.508 e. The number of carbonyl (C=O) groups is 2. The molecule has 0 bridgehead atoms. The second-order valence-electron chi connectivity index (χ2n) is 7.24. The first-order chi connectivity index (χ1) is 14.0. The van der Waals surface area contributed by atoms with E-state index in [-0.39, 0.29) is 18.1 Å². The highest BCUT2D eigenvalue weighted by atomic mass is 16.4. The number of phenols is 1. The molecule has 1 atom stereocenters. The van der Waals surface area contributed by atoms with Gasteiger partial charge in [-0.05, 0) is 24.3 Å². The van der Waals surface area contributed by atoms with Crippen molar-refractivity contribution in [3.63, 3.8) is 0 Å². The van der Waals surface area contributed by atoms with Crippen molar-refractivity contribution in [1.29, 1.82) is 0 Å². The lowest BCUT2D eigenvalue weighted by atomic mass is 10.0. The van der Waals surface area contributed by atoms with Gasteiger partial charge in [-0.2, -0.15) is 0 Å². The van der Waals surface area contributed by atoms with Gasteiger partial charge in [0.2, 0.25) is 5.91 Å². The molecule has 0 aliphatic carbocycles. The number of carboxylic acid groups (broad SMARTS) is 1. The van der Waals surface area contributed by atoms with Crippen molar-refractivity contribution in [2.24, 2.45) is 5.92 Å². The molecule has 3 N–H and O–H groups in total. The van der Waals surface area contributed by atoms with Crippen LogP contribution in [0.15, 0.2) is 48.7 Å². The Morgan fingerprint density at radius 1 is 1.07 bits per heavy atom. The van der Waals surface area contributed by atoms with Gasteiger partial charge in [0.1, 0.15) is 5.75 Å². The standard InChI is InChI=1S/C21H26N4O4/c26-19-6-3-5-17(13-19)23-20(27)12-16(21(28)29)14-24-8-10-25(11-9-24)15-18-4-1-2-7-22-18/h1-7,13,16,26H,8-12,14-15H2,(H,23,27)(H,28,29)/t16-/m1/s1. The highest BCUT2D eigenvalue weighted by Crippen LogP contribution is 2.17. The molecule has 1 aliphatic rings. The first kappa shape index (κ1) is 20.8. The summed E-state index contributed by atoms with van der Waals surface area (Å²) < 4.78 is 0. The van der Waals surface area contributed by atoms with E-state index in [0.29, 0.717) is 12.2 Å². The number of piperazine rings is 1. The first-order valence-corrected chi connectivity index (χ1v) is 9.66. The van der Waals surface area contributed by atoms with Gasteiger partial charge in [0, 0.05) is 63.6 Å². The minimum Gasteiger partial charge on any atom is -0.508 e. The van der Waals surface area contributed by atoms with Gasteiger partial charge in [0.05, 0.1) is 11.6 Å². The average molecular weight is 398 g/mol. The molecule has 0 spiro atoms. The van der Waals surface area contributed by atoms with Crippen molar-refractivity contribution in [3.05, 3.63) is 54.4 Å². The molecular weight excluding hydrogens is 372 g/mol. The van der Waals surface area contributed by atoms with Crippen molar-refractivity contribution in [2.75, 3.05) is 38.0 Å². The number of rotatable bonds is 8. The van der Waals surface area contributed by atoms with Crippen molar-refractivity contribution in [1.82, 2.24) is 14.8 Å². The molecule has 0 saturated carbocycles. The van der Waals surface area contributed by atoms with Gasteiger partial charge in [-0.3, -0.25) is 24.4 Å². The van der Waals surface area contributed by atoms with E-state index in [2.05, 4.69) is 20.1 Å². The smallest absolute Gasteiger partial charge is 0.308 e. The van der Waals surface area contributed by atoms with Crippen LogP contribution >= 0.6 is 0 Å². The zero-order valence-corrected chi connectivity index (χ0v) is 16.2. The highest BCUT2D eigenvalue weighted by molar-refractivity contribution is 5.93. The molecule has 3 rings (SSSR count). The van der Waals surface area contributed by atoms with Crippen LogP contribution in [0.5, 0.6) is 5.75 Å². The summed E-state index contributed by atoms with van der Waals surface area (Å²) in [4.78, 5) is 32.6. The lowest BCUT2D eigenvalue weighted by Crippen LogP contribution is -2.48. The third-order valence-electron chi connectivity index (χ3n) is 4.97. The Morgan fingerprint density at radius 2 is 1.83 bits per heavy atom. The molecule has 1 aromatic heterocycles. The number of hydrogen-bond donors (Lipinski definition) is 3. The second kappa shape index (κ2) is 9.99. The van der Waals surface area contributed by atoms with E-state index in [0.717, 1.165) is 38.4 Å². The topological polar surface area (TPSA) is 106 Å². The van der Waals surface area contributed by atoms with E-state index >= 15 is 0 Å². The Hall–Kier alpha value is -2.97. The Kier molecular flexibility index (Phi) is 7.15. The number of anilines is 1. The monoisotopic (exact) mass is 398 g/mol. The lowest BCUT2D eigenvalue weighted by Gasteiger charge is -2.35. The summed E-state index contributed by atoms with van der Waals surface area (Å²) in [5.74, 6) is -2.10. The molecular formula is C21H26N4O4. The number of aromatic hydroxyl groups is 1. The molecule has 8 nitrogen and oxygen atoms in total. The number of phenolic OH excluding ortho intramolecular Hbond substituents is 1.